The van der Waals surface area contributed by atoms with Crippen molar-refractivity contribution in [2.75, 3.05) is 18.7 Å². The number of carbonyl (C=O) groups is 3. The first-order valence-corrected chi connectivity index (χ1v) is 10.9. The van der Waals surface area contributed by atoms with Gasteiger partial charge in [-0.05, 0) is 17.5 Å². The van der Waals surface area contributed by atoms with Gasteiger partial charge in [0.05, 0.1) is 12.9 Å². The van der Waals surface area contributed by atoms with Gasteiger partial charge in [-0.15, -0.1) is 0 Å². The number of anilines is 1. The maximum atomic E-state index is 11.9. The first-order valence-electron chi connectivity index (χ1n) is 10.5. The number of nitrogens with zero attached hydrogens (tertiary/aromatic N) is 4. The molecule has 0 saturated carbocycles. The molecular weight excluding hydrogens is 474 g/mol. The Labute approximate surface area is 200 Å². The van der Waals surface area contributed by atoms with Gasteiger partial charge in [0.2, 0.25) is 5.28 Å². The monoisotopic (exact) mass is 499 g/mol. The Morgan fingerprint density at radius 2 is 1.79 bits per heavy atom. The zero-order chi connectivity index (χ0) is 25.0. The van der Waals surface area contributed by atoms with Crippen molar-refractivity contribution in [3.05, 3.63) is 11.6 Å². The molecule has 0 spiro atoms. The molecule has 3 rings (SSSR count). The van der Waals surface area contributed by atoms with E-state index in [0.717, 1.165) is 0 Å². The van der Waals surface area contributed by atoms with Crippen molar-refractivity contribution in [2.45, 2.75) is 59.2 Å². The molecule has 2 aromatic rings. The number of hydrogen-bond acceptors (Lipinski definition) is 12. The first kappa shape index (κ1) is 25.6. The van der Waals surface area contributed by atoms with Crippen molar-refractivity contribution in [3.63, 3.8) is 0 Å². The van der Waals surface area contributed by atoms with Crippen LogP contribution in [-0.2, 0) is 38.2 Å². The third-order valence-electron chi connectivity index (χ3n) is 4.59. The number of ether oxygens (including phenoxy) is 4. The second kappa shape index (κ2) is 10.9. The van der Waals surface area contributed by atoms with E-state index in [1.54, 1.807) is 0 Å². The van der Waals surface area contributed by atoms with Crippen molar-refractivity contribution in [2.24, 2.45) is 5.92 Å². The van der Waals surface area contributed by atoms with E-state index in [1.165, 1.54) is 31.7 Å². The van der Waals surface area contributed by atoms with Gasteiger partial charge in [0.1, 0.15) is 12.7 Å². The number of fused-ring (bicyclic) bond motifs is 1. The van der Waals surface area contributed by atoms with E-state index >= 15 is 0 Å². The van der Waals surface area contributed by atoms with Gasteiger partial charge in [-0.1, -0.05) is 13.8 Å². The topological polar surface area (TPSA) is 153 Å². The van der Waals surface area contributed by atoms with Crippen molar-refractivity contribution in [1.82, 2.24) is 19.5 Å². The van der Waals surface area contributed by atoms with Crippen LogP contribution in [0.2, 0.25) is 5.28 Å². The first-order chi connectivity index (χ1) is 16.1. The molecule has 34 heavy (non-hydrogen) atoms. The number of hydrogen-bond donors (Lipinski definition) is 1. The molecule has 1 aliphatic rings. The van der Waals surface area contributed by atoms with Crippen LogP contribution in [0.25, 0.3) is 11.2 Å². The highest BCUT2D eigenvalue weighted by Gasteiger charge is 2.51. The summed E-state index contributed by atoms with van der Waals surface area (Å²) in [4.78, 5) is 53.1. The average Bonchev–Trinajstić information content (AvgIpc) is 3.27. The van der Waals surface area contributed by atoms with Gasteiger partial charge >= 0.3 is 17.9 Å². The molecule has 2 aromatic heterocycles. The average molecular weight is 500 g/mol. The molecule has 3 heterocycles. The molecule has 4 atom stereocenters. The lowest BCUT2D eigenvalue weighted by molar-refractivity contribution is -0.166. The standard InChI is InChI=1S/C20H26ClN5O8/c1-9(2)6-31-25-17-14-18(24-20(21)23-17)26(8-22-14)19-16(33-12(5)29)15(32-11(4)28)13(34-19)7-30-10(3)27/h8-9,13,15-16,19H,6-7H2,1-5H3,(H,23,24,25)/t13-,15-,16-,19-/m1/s1. The third-order valence-corrected chi connectivity index (χ3v) is 4.76. The quantitative estimate of drug-likeness (QED) is 0.231. The van der Waals surface area contributed by atoms with Crippen molar-refractivity contribution in [1.29, 1.82) is 0 Å². The number of halogens is 1. The minimum atomic E-state index is -1.10. The Kier molecular flexibility index (Phi) is 8.23. The molecule has 1 saturated heterocycles. The molecule has 1 N–H and O–H groups in total. The number of carbonyl (C=O) groups excluding carboxylic acids is 3. The lowest BCUT2D eigenvalue weighted by Gasteiger charge is -2.23. The second-order valence-corrected chi connectivity index (χ2v) is 8.33. The van der Waals surface area contributed by atoms with Crippen LogP contribution in [0.4, 0.5) is 5.82 Å². The predicted molar refractivity (Wildman–Crippen MR) is 116 cm³/mol. The maximum Gasteiger partial charge on any atom is 0.303 e. The van der Waals surface area contributed by atoms with Crippen LogP contribution in [0.15, 0.2) is 6.33 Å². The van der Waals surface area contributed by atoms with Gasteiger partial charge in [-0.2, -0.15) is 9.97 Å². The largest absolute Gasteiger partial charge is 0.463 e. The maximum absolute atomic E-state index is 11.9. The zero-order valence-electron chi connectivity index (χ0n) is 19.3. The summed E-state index contributed by atoms with van der Waals surface area (Å²) in [6.07, 6.45) is -2.73. The molecule has 1 aliphatic heterocycles. The highest BCUT2D eigenvalue weighted by Crippen LogP contribution is 2.36. The van der Waals surface area contributed by atoms with Crippen molar-refractivity contribution >= 4 is 46.5 Å². The van der Waals surface area contributed by atoms with Crippen LogP contribution in [0.5, 0.6) is 0 Å². The SMILES string of the molecule is CC(=O)OC[C@H]1O[C@@H](n2cnc3c(NOCC(C)C)nc(Cl)nc32)[C@H](OC(C)=O)[C@@H]1OC(C)=O. The summed E-state index contributed by atoms with van der Waals surface area (Å²) >= 11 is 6.12. The Balaban J connectivity index is 2.00. The molecule has 0 unspecified atom stereocenters. The van der Waals surface area contributed by atoms with E-state index in [4.69, 9.17) is 35.4 Å². The molecule has 0 radical (unpaired) electrons. The second-order valence-electron chi connectivity index (χ2n) is 7.99. The van der Waals surface area contributed by atoms with Gasteiger partial charge < -0.3 is 18.9 Å². The zero-order valence-corrected chi connectivity index (χ0v) is 20.1. The molecule has 0 aromatic carbocycles. The van der Waals surface area contributed by atoms with Gasteiger partial charge in [-0.3, -0.25) is 23.8 Å². The van der Waals surface area contributed by atoms with Crippen molar-refractivity contribution < 1.29 is 38.2 Å². The van der Waals surface area contributed by atoms with E-state index in [1.807, 2.05) is 13.8 Å². The highest BCUT2D eigenvalue weighted by atomic mass is 35.5. The van der Waals surface area contributed by atoms with E-state index in [9.17, 15) is 14.4 Å². The fourth-order valence-electron chi connectivity index (χ4n) is 3.34. The van der Waals surface area contributed by atoms with Gasteiger partial charge in [0.15, 0.2) is 35.4 Å². The Hall–Kier alpha value is -3.03. The smallest absolute Gasteiger partial charge is 0.303 e. The van der Waals surface area contributed by atoms with Gasteiger partial charge in [0.25, 0.3) is 0 Å². The molecular formula is C20H26ClN5O8. The van der Waals surface area contributed by atoms with Crippen LogP contribution in [0, 0.1) is 5.92 Å². The van der Waals surface area contributed by atoms with E-state index in [-0.39, 0.29) is 29.3 Å². The normalized spacial score (nSPS) is 22.1. The minimum Gasteiger partial charge on any atom is -0.463 e. The summed E-state index contributed by atoms with van der Waals surface area (Å²) < 4.78 is 23.4. The van der Waals surface area contributed by atoms with E-state index in [0.29, 0.717) is 12.1 Å². The summed E-state index contributed by atoms with van der Waals surface area (Å²) in [6, 6.07) is 0. The summed E-state index contributed by atoms with van der Waals surface area (Å²) in [5, 5.41) is -0.0973. The van der Waals surface area contributed by atoms with Crippen molar-refractivity contribution in [3.8, 4) is 0 Å². The Morgan fingerprint density at radius 3 is 2.41 bits per heavy atom. The molecule has 0 bridgehead atoms. The molecule has 0 amide bonds. The lowest BCUT2D eigenvalue weighted by Crippen LogP contribution is -2.40. The summed E-state index contributed by atoms with van der Waals surface area (Å²) in [5.41, 5.74) is 3.27. The summed E-state index contributed by atoms with van der Waals surface area (Å²) in [7, 11) is 0. The molecule has 13 nitrogen and oxygen atoms in total. The highest BCUT2D eigenvalue weighted by molar-refractivity contribution is 6.28. The minimum absolute atomic E-state index is 0.0973. The summed E-state index contributed by atoms with van der Waals surface area (Å²) in [5.74, 6) is -1.33. The molecule has 14 heteroatoms. The summed E-state index contributed by atoms with van der Waals surface area (Å²) in [6.45, 7) is 7.78. The Bertz CT molecular complexity index is 1060. The van der Waals surface area contributed by atoms with Gasteiger partial charge in [0, 0.05) is 20.8 Å². The van der Waals surface area contributed by atoms with Gasteiger partial charge in [-0.25, -0.2) is 10.5 Å². The van der Waals surface area contributed by atoms with Crippen LogP contribution < -0.4 is 5.48 Å². The fraction of sp³-hybridized carbons (Fsp3) is 0.600. The fourth-order valence-corrected chi connectivity index (χ4v) is 3.51. The van der Waals surface area contributed by atoms with E-state index < -0.39 is 42.4 Å². The molecule has 186 valence electrons. The van der Waals surface area contributed by atoms with Crippen LogP contribution in [-0.4, -0.2) is 69.0 Å². The number of imidazole rings is 1. The van der Waals surface area contributed by atoms with Crippen LogP contribution in [0.3, 0.4) is 0 Å². The number of aromatic nitrogens is 4. The Morgan fingerprint density at radius 1 is 1.12 bits per heavy atom. The number of esters is 3. The third kappa shape index (κ3) is 6.10. The predicted octanol–water partition coefficient (Wildman–Crippen LogP) is 1.80. The van der Waals surface area contributed by atoms with E-state index in [2.05, 4.69) is 20.4 Å². The lowest BCUT2D eigenvalue weighted by atomic mass is 10.1. The molecule has 0 aliphatic carbocycles. The number of nitrogens with one attached hydrogen (secondary N) is 1. The van der Waals surface area contributed by atoms with Crippen LogP contribution in [0.1, 0.15) is 40.8 Å². The van der Waals surface area contributed by atoms with Crippen LogP contribution >= 0.6 is 11.6 Å². The molecule has 1 fully saturated rings. The number of rotatable bonds is 9.